The van der Waals surface area contributed by atoms with Gasteiger partial charge in [0.1, 0.15) is 0 Å². The van der Waals surface area contributed by atoms with Crippen molar-refractivity contribution in [3.63, 3.8) is 0 Å². The molecule has 4 N–H and O–H groups in total. The van der Waals surface area contributed by atoms with Crippen molar-refractivity contribution < 1.29 is 9.90 Å². The number of hydrogen-bond donors (Lipinski definition) is 3. The monoisotopic (exact) mass is 284 g/mol. The number of nitrogens with two attached hydrogens (primary N) is 1. The highest BCUT2D eigenvalue weighted by Crippen LogP contribution is 2.28. The zero-order chi connectivity index (χ0) is 15.1. The summed E-state index contributed by atoms with van der Waals surface area (Å²) < 4.78 is 0. The maximum Gasteiger partial charge on any atom is 0.223 e. The minimum Gasteiger partial charge on any atom is -0.391 e. The molecule has 0 saturated heterocycles. The second kappa shape index (κ2) is 8.63. The molecule has 1 saturated carbocycles. The van der Waals surface area contributed by atoms with Gasteiger partial charge >= 0.3 is 0 Å². The highest BCUT2D eigenvalue weighted by molar-refractivity contribution is 5.78. The number of carbonyl (C=O) groups is 1. The summed E-state index contributed by atoms with van der Waals surface area (Å²) in [4.78, 5) is 11.8. The van der Waals surface area contributed by atoms with Gasteiger partial charge in [-0.05, 0) is 24.7 Å². The summed E-state index contributed by atoms with van der Waals surface area (Å²) in [7, 11) is 1.64. The van der Waals surface area contributed by atoms with Crippen LogP contribution in [0.4, 0.5) is 0 Å². The molecule has 0 heterocycles. The summed E-state index contributed by atoms with van der Waals surface area (Å²) in [5, 5.41) is 13.0. The molecular weight excluding hydrogens is 252 g/mol. The maximum atomic E-state index is 11.8. The van der Waals surface area contributed by atoms with Crippen LogP contribution in [0.25, 0.3) is 0 Å². The van der Waals surface area contributed by atoms with Crippen LogP contribution < -0.4 is 11.1 Å². The Labute approximate surface area is 123 Å². The predicted molar refractivity (Wildman–Crippen MR) is 82.2 cm³/mol. The van der Waals surface area contributed by atoms with Gasteiger partial charge < -0.3 is 16.2 Å². The van der Waals surface area contributed by atoms with Gasteiger partial charge in [-0.25, -0.2) is 0 Å². The van der Waals surface area contributed by atoms with E-state index in [0.717, 1.165) is 6.42 Å². The van der Waals surface area contributed by atoms with Crippen molar-refractivity contribution in [2.24, 2.45) is 23.5 Å². The Morgan fingerprint density at radius 3 is 2.40 bits per heavy atom. The molecule has 1 aliphatic carbocycles. The van der Waals surface area contributed by atoms with Gasteiger partial charge in [-0.1, -0.05) is 46.0 Å². The molecule has 0 aromatic rings. The van der Waals surface area contributed by atoms with Crippen molar-refractivity contribution in [1.29, 1.82) is 0 Å². The Balaban J connectivity index is 2.45. The van der Waals surface area contributed by atoms with Crippen LogP contribution in [0.3, 0.4) is 0 Å². The molecule has 0 aromatic heterocycles. The average molecular weight is 284 g/mol. The second-order valence-corrected chi connectivity index (χ2v) is 6.67. The summed E-state index contributed by atoms with van der Waals surface area (Å²) in [5.74, 6) is 0.716. The quantitative estimate of drug-likeness (QED) is 0.670. The third-order valence-corrected chi connectivity index (χ3v) is 4.71. The topological polar surface area (TPSA) is 75.3 Å². The van der Waals surface area contributed by atoms with E-state index in [1.807, 2.05) is 13.8 Å². The van der Waals surface area contributed by atoms with Crippen molar-refractivity contribution in [3.05, 3.63) is 0 Å². The first-order chi connectivity index (χ1) is 9.45. The molecule has 0 aliphatic heterocycles. The number of aliphatic hydroxyl groups is 1. The van der Waals surface area contributed by atoms with Gasteiger partial charge in [-0.2, -0.15) is 0 Å². The Hall–Kier alpha value is -0.610. The van der Waals surface area contributed by atoms with Gasteiger partial charge in [0, 0.05) is 19.0 Å². The van der Waals surface area contributed by atoms with Crippen LogP contribution in [0.5, 0.6) is 0 Å². The Bertz CT molecular complexity index is 288. The van der Waals surface area contributed by atoms with Crippen molar-refractivity contribution in [3.8, 4) is 0 Å². The van der Waals surface area contributed by atoms with E-state index in [1.54, 1.807) is 7.05 Å². The van der Waals surface area contributed by atoms with Crippen LogP contribution >= 0.6 is 0 Å². The zero-order valence-corrected chi connectivity index (χ0v) is 13.3. The largest absolute Gasteiger partial charge is 0.391 e. The van der Waals surface area contributed by atoms with Crippen LogP contribution in [-0.2, 0) is 4.79 Å². The van der Waals surface area contributed by atoms with E-state index in [-0.39, 0.29) is 23.8 Å². The highest BCUT2D eigenvalue weighted by atomic mass is 16.3. The molecule has 20 heavy (non-hydrogen) atoms. The van der Waals surface area contributed by atoms with Gasteiger partial charge in [0.15, 0.2) is 0 Å². The Morgan fingerprint density at radius 1 is 1.30 bits per heavy atom. The van der Waals surface area contributed by atoms with Crippen molar-refractivity contribution in [2.75, 3.05) is 7.05 Å². The lowest BCUT2D eigenvalue weighted by atomic mass is 9.81. The van der Waals surface area contributed by atoms with E-state index in [0.29, 0.717) is 12.3 Å². The molecule has 3 unspecified atom stereocenters. The van der Waals surface area contributed by atoms with Gasteiger partial charge in [0.25, 0.3) is 0 Å². The van der Waals surface area contributed by atoms with E-state index in [4.69, 9.17) is 5.73 Å². The Morgan fingerprint density at radius 2 is 1.90 bits per heavy atom. The third kappa shape index (κ3) is 5.41. The Kier molecular flexibility index (Phi) is 7.52. The molecule has 4 heteroatoms. The first-order valence-electron chi connectivity index (χ1n) is 8.11. The summed E-state index contributed by atoms with van der Waals surface area (Å²) in [5.41, 5.74) is 6.16. The lowest BCUT2D eigenvalue weighted by Gasteiger charge is -2.29. The smallest absolute Gasteiger partial charge is 0.223 e. The van der Waals surface area contributed by atoms with Crippen LogP contribution in [0.15, 0.2) is 0 Å². The maximum absolute atomic E-state index is 11.8. The molecule has 1 fully saturated rings. The van der Waals surface area contributed by atoms with Gasteiger partial charge in [-0.15, -0.1) is 0 Å². The molecule has 0 radical (unpaired) electrons. The van der Waals surface area contributed by atoms with Crippen molar-refractivity contribution in [1.82, 2.24) is 5.32 Å². The minimum atomic E-state index is -0.582. The highest BCUT2D eigenvalue weighted by Gasteiger charge is 2.28. The number of amides is 1. The molecular formula is C16H32N2O2. The fraction of sp³-hybridized carbons (Fsp3) is 0.938. The number of aliphatic hydroxyl groups excluding tert-OH is 1. The van der Waals surface area contributed by atoms with Crippen LogP contribution in [0, 0.1) is 17.8 Å². The molecule has 4 nitrogen and oxygen atoms in total. The molecule has 1 aliphatic rings. The van der Waals surface area contributed by atoms with E-state index < -0.39 is 6.10 Å². The molecule has 3 atom stereocenters. The average Bonchev–Trinajstić information content (AvgIpc) is 2.44. The van der Waals surface area contributed by atoms with Crippen LogP contribution in [0.1, 0.15) is 58.8 Å². The second-order valence-electron chi connectivity index (χ2n) is 6.67. The van der Waals surface area contributed by atoms with E-state index in [1.165, 1.54) is 32.1 Å². The van der Waals surface area contributed by atoms with E-state index in [9.17, 15) is 9.90 Å². The third-order valence-electron chi connectivity index (χ3n) is 4.71. The van der Waals surface area contributed by atoms with E-state index >= 15 is 0 Å². The molecule has 118 valence electrons. The molecule has 0 aromatic carbocycles. The summed E-state index contributed by atoms with van der Waals surface area (Å²) in [6.07, 6.45) is 7.17. The fourth-order valence-corrected chi connectivity index (χ4v) is 3.27. The molecule has 0 bridgehead atoms. The number of hydrogen-bond acceptors (Lipinski definition) is 3. The minimum absolute atomic E-state index is 0.00363. The first kappa shape index (κ1) is 17.4. The van der Waals surface area contributed by atoms with Crippen LogP contribution in [-0.4, -0.2) is 30.2 Å². The molecule has 1 rings (SSSR count). The van der Waals surface area contributed by atoms with Crippen molar-refractivity contribution >= 4 is 5.91 Å². The number of nitrogens with one attached hydrogen (secondary N) is 1. The predicted octanol–water partition coefficient (Wildman–Crippen LogP) is 2.05. The number of carbonyl (C=O) groups excluding carboxylic acids is 1. The standard InChI is InChI=1S/C16H32N2O2/c1-11(2)13(16(20)18-3)10-15(19)14(17)9-12-7-5-4-6-8-12/h11-15,19H,4-10,17H2,1-3H3,(H,18,20). The SMILES string of the molecule is CNC(=O)C(CC(O)C(N)CC1CCCCC1)C(C)C. The fourth-order valence-electron chi connectivity index (χ4n) is 3.27. The first-order valence-corrected chi connectivity index (χ1v) is 8.11. The molecule has 0 spiro atoms. The van der Waals surface area contributed by atoms with Crippen LogP contribution in [0.2, 0.25) is 0 Å². The lowest BCUT2D eigenvalue weighted by molar-refractivity contribution is -0.127. The van der Waals surface area contributed by atoms with Gasteiger partial charge in [-0.3, -0.25) is 4.79 Å². The van der Waals surface area contributed by atoms with Crippen molar-refractivity contribution in [2.45, 2.75) is 70.9 Å². The molecule has 1 amide bonds. The van der Waals surface area contributed by atoms with Gasteiger partial charge in [0.05, 0.1) is 6.10 Å². The summed E-state index contributed by atoms with van der Waals surface area (Å²) in [6, 6.07) is -0.205. The normalized spacial score (nSPS) is 21.5. The number of rotatable bonds is 7. The van der Waals surface area contributed by atoms with Gasteiger partial charge in [0.2, 0.25) is 5.91 Å². The summed E-state index contributed by atoms with van der Waals surface area (Å²) >= 11 is 0. The zero-order valence-electron chi connectivity index (χ0n) is 13.3. The lowest BCUT2D eigenvalue weighted by Crippen LogP contribution is -2.41. The van der Waals surface area contributed by atoms with E-state index in [2.05, 4.69) is 5.32 Å². The summed E-state index contributed by atoms with van der Waals surface area (Å²) in [6.45, 7) is 4.03.